The first-order valence-corrected chi connectivity index (χ1v) is 13.1. The Hall–Kier alpha value is -2.64. The Morgan fingerprint density at radius 1 is 1.17 bits per heavy atom. The van der Waals surface area contributed by atoms with E-state index in [1.165, 1.54) is 31.4 Å². The topological polar surface area (TPSA) is 67.7 Å². The van der Waals surface area contributed by atoms with Crippen LogP contribution in [0, 0.1) is 5.82 Å². The van der Waals surface area contributed by atoms with Crippen LogP contribution < -0.4 is 0 Å². The molecular weight excluding hydrogens is 447 g/mol. The predicted octanol–water partition coefficient (Wildman–Crippen LogP) is 5.47. The summed E-state index contributed by atoms with van der Waals surface area (Å²) in [4.78, 5) is 34.3. The molecule has 2 aromatic rings. The van der Waals surface area contributed by atoms with Crippen molar-refractivity contribution in [2.45, 2.75) is 96.7 Å². The van der Waals surface area contributed by atoms with Crippen LogP contribution in [0.5, 0.6) is 0 Å². The highest BCUT2D eigenvalue weighted by molar-refractivity contribution is 5.78. The van der Waals surface area contributed by atoms with E-state index in [0.29, 0.717) is 37.6 Å². The van der Waals surface area contributed by atoms with E-state index in [2.05, 4.69) is 11.5 Å². The van der Waals surface area contributed by atoms with E-state index in [0.717, 1.165) is 37.1 Å². The van der Waals surface area contributed by atoms with E-state index in [1.807, 2.05) is 25.7 Å². The molecule has 192 valence electrons. The summed E-state index contributed by atoms with van der Waals surface area (Å²) in [6.45, 7) is 9.92. The average Bonchev–Trinajstić information content (AvgIpc) is 3.42. The molecule has 1 saturated carbocycles. The molecular formula is C27H39FN4O3. The number of halogens is 1. The molecule has 1 aliphatic heterocycles. The molecule has 1 aromatic heterocycles. The van der Waals surface area contributed by atoms with Crippen molar-refractivity contribution in [1.82, 2.24) is 19.4 Å². The number of nitrogens with zero attached hydrogens (tertiary/aromatic N) is 4. The lowest BCUT2D eigenvalue weighted by Crippen LogP contribution is -2.41. The lowest BCUT2D eigenvalue weighted by molar-refractivity contribution is -0.134. The third kappa shape index (κ3) is 5.96. The van der Waals surface area contributed by atoms with Gasteiger partial charge in [-0.1, -0.05) is 19.3 Å². The van der Waals surface area contributed by atoms with Gasteiger partial charge in [-0.3, -0.25) is 4.79 Å². The summed E-state index contributed by atoms with van der Waals surface area (Å²) in [6.07, 6.45) is 6.60. The molecule has 1 saturated heterocycles. The zero-order valence-corrected chi connectivity index (χ0v) is 21.6. The summed E-state index contributed by atoms with van der Waals surface area (Å²) in [6, 6.07) is 4.96. The summed E-state index contributed by atoms with van der Waals surface area (Å²) in [5.74, 6) is 0.649. The first-order chi connectivity index (χ1) is 16.7. The van der Waals surface area contributed by atoms with Crippen LogP contribution in [0.25, 0.3) is 11.0 Å². The summed E-state index contributed by atoms with van der Waals surface area (Å²) >= 11 is 0. The molecule has 7 nitrogen and oxygen atoms in total. The molecule has 2 heterocycles. The minimum Gasteiger partial charge on any atom is -0.444 e. The number of amides is 2. The fourth-order valence-corrected chi connectivity index (χ4v) is 5.51. The van der Waals surface area contributed by atoms with Gasteiger partial charge in [0.1, 0.15) is 17.2 Å². The first kappa shape index (κ1) is 25.5. The molecule has 1 unspecified atom stereocenters. The number of fused-ring (bicyclic) bond motifs is 1. The van der Waals surface area contributed by atoms with Gasteiger partial charge in [-0.15, -0.1) is 0 Å². The standard InChI is InChI=1S/C27H39FN4O3/c1-5-31(21-9-7-6-8-10-21)24(33)14-16-32-23-12-11-20(28)17-22(23)29-25(32)19-13-15-30(18-19)26(34)35-27(2,3)4/h11-12,17,19,21H,5-10,13-16,18H2,1-4H3. The summed E-state index contributed by atoms with van der Waals surface area (Å²) < 4.78 is 21.6. The number of hydrogen-bond donors (Lipinski definition) is 0. The van der Waals surface area contributed by atoms with Crippen LogP contribution >= 0.6 is 0 Å². The lowest BCUT2D eigenvalue weighted by atomic mass is 9.94. The molecule has 1 aromatic carbocycles. The van der Waals surface area contributed by atoms with Gasteiger partial charge in [0.05, 0.1) is 11.0 Å². The van der Waals surface area contributed by atoms with Gasteiger partial charge in [-0.25, -0.2) is 14.2 Å². The zero-order valence-electron chi connectivity index (χ0n) is 21.6. The third-order valence-electron chi connectivity index (χ3n) is 7.17. The van der Waals surface area contributed by atoms with Crippen molar-refractivity contribution in [3.63, 3.8) is 0 Å². The van der Waals surface area contributed by atoms with Gasteiger partial charge in [0.2, 0.25) is 5.91 Å². The highest BCUT2D eigenvalue weighted by atomic mass is 19.1. The second-order valence-electron chi connectivity index (χ2n) is 10.9. The van der Waals surface area contributed by atoms with Crippen molar-refractivity contribution >= 4 is 23.0 Å². The SMILES string of the molecule is CCN(C(=O)CCn1c(C2CCN(C(=O)OC(C)(C)C)C2)nc2cc(F)ccc21)C1CCCCC1. The van der Waals surface area contributed by atoms with E-state index in [1.54, 1.807) is 11.0 Å². The average molecular weight is 487 g/mol. The van der Waals surface area contributed by atoms with Crippen molar-refractivity contribution in [2.75, 3.05) is 19.6 Å². The highest BCUT2D eigenvalue weighted by Gasteiger charge is 2.33. The van der Waals surface area contributed by atoms with Gasteiger partial charge in [0.15, 0.2) is 0 Å². The number of benzene rings is 1. The molecule has 0 radical (unpaired) electrons. The number of aryl methyl sites for hydroxylation is 1. The fourth-order valence-electron chi connectivity index (χ4n) is 5.51. The number of carbonyl (C=O) groups is 2. The van der Waals surface area contributed by atoms with Gasteiger partial charge in [-0.2, -0.15) is 0 Å². The highest BCUT2D eigenvalue weighted by Crippen LogP contribution is 2.31. The largest absolute Gasteiger partial charge is 0.444 e. The molecule has 0 bridgehead atoms. The molecule has 2 amide bonds. The maximum absolute atomic E-state index is 14.0. The van der Waals surface area contributed by atoms with E-state index in [-0.39, 0.29) is 23.7 Å². The molecule has 8 heteroatoms. The molecule has 35 heavy (non-hydrogen) atoms. The van der Waals surface area contributed by atoms with Crippen LogP contribution in [0.1, 0.15) is 84.4 Å². The predicted molar refractivity (Wildman–Crippen MR) is 134 cm³/mol. The van der Waals surface area contributed by atoms with Crippen molar-refractivity contribution in [3.05, 3.63) is 29.8 Å². The number of aromatic nitrogens is 2. The molecule has 2 aliphatic rings. The van der Waals surface area contributed by atoms with Crippen molar-refractivity contribution in [3.8, 4) is 0 Å². The van der Waals surface area contributed by atoms with Crippen LogP contribution in [0.4, 0.5) is 9.18 Å². The van der Waals surface area contributed by atoms with Gasteiger partial charge < -0.3 is 19.1 Å². The van der Waals surface area contributed by atoms with Gasteiger partial charge >= 0.3 is 6.09 Å². The second-order valence-corrected chi connectivity index (χ2v) is 10.9. The lowest BCUT2D eigenvalue weighted by Gasteiger charge is -2.33. The van der Waals surface area contributed by atoms with Crippen LogP contribution in [0.15, 0.2) is 18.2 Å². The quantitative estimate of drug-likeness (QED) is 0.543. The molecule has 0 spiro atoms. The van der Waals surface area contributed by atoms with Crippen LogP contribution in [0.3, 0.4) is 0 Å². The van der Waals surface area contributed by atoms with Gasteiger partial charge in [0.25, 0.3) is 0 Å². The van der Waals surface area contributed by atoms with Crippen molar-refractivity contribution in [1.29, 1.82) is 0 Å². The Morgan fingerprint density at radius 2 is 1.91 bits per heavy atom. The molecule has 1 atom stereocenters. The van der Waals surface area contributed by atoms with E-state index >= 15 is 0 Å². The minimum atomic E-state index is -0.552. The number of rotatable bonds is 6. The molecule has 1 aliphatic carbocycles. The smallest absolute Gasteiger partial charge is 0.410 e. The molecule has 2 fully saturated rings. The van der Waals surface area contributed by atoms with Crippen LogP contribution in [-0.2, 0) is 16.1 Å². The molecule has 0 N–H and O–H groups in total. The Balaban J connectivity index is 1.52. The van der Waals surface area contributed by atoms with Gasteiger partial charge in [-0.05, 0) is 59.1 Å². The van der Waals surface area contributed by atoms with E-state index in [9.17, 15) is 14.0 Å². The third-order valence-corrected chi connectivity index (χ3v) is 7.17. The Kier molecular flexibility index (Phi) is 7.67. The minimum absolute atomic E-state index is 0.00806. The zero-order chi connectivity index (χ0) is 25.2. The number of hydrogen-bond acceptors (Lipinski definition) is 4. The van der Waals surface area contributed by atoms with Crippen molar-refractivity contribution in [2.24, 2.45) is 0 Å². The van der Waals surface area contributed by atoms with Crippen LogP contribution in [-0.4, -0.2) is 62.6 Å². The summed E-state index contributed by atoms with van der Waals surface area (Å²) in [5.41, 5.74) is 0.859. The maximum Gasteiger partial charge on any atom is 0.410 e. The normalized spacial score (nSPS) is 19.3. The summed E-state index contributed by atoms with van der Waals surface area (Å²) in [5, 5.41) is 0. The second kappa shape index (κ2) is 10.5. The first-order valence-electron chi connectivity index (χ1n) is 13.1. The monoisotopic (exact) mass is 486 g/mol. The van der Waals surface area contributed by atoms with E-state index in [4.69, 9.17) is 9.72 Å². The van der Waals surface area contributed by atoms with Crippen LogP contribution in [0.2, 0.25) is 0 Å². The Bertz CT molecular complexity index is 1050. The number of carbonyl (C=O) groups excluding carboxylic acids is 2. The fraction of sp³-hybridized carbons (Fsp3) is 0.667. The number of imidazole rings is 1. The number of ether oxygens (including phenoxy) is 1. The molecule has 4 rings (SSSR count). The van der Waals surface area contributed by atoms with E-state index < -0.39 is 5.60 Å². The Labute approximate surface area is 207 Å². The van der Waals surface area contributed by atoms with Crippen molar-refractivity contribution < 1.29 is 18.7 Å². The van der Waals surface area contributed by atoms with Gasteiger partial charge in [0, 0.05) is 50.6 Å². The number of likely N-dealkylation sites (tertiary alicyclic amines) is 1. The maximum atomic E-state index is 14.0. The summed E-state index contributed by atoms with van der Waals surface area (Å²) in [7, 11) is 0. The Morgan fingerprint density at radius 3 is 2.60 bits per heavy atom.